The fraction of sp³-hybridized carbons (Fsp3) is 0.651. The van der Waals surface area contributed by atoms with Crippen molar-refractivity contribution in [2.45, 2.75) is 117 Å². The van der Waals surface area contributed by atoms with Crippen LogP contribution in [0.5, 0.6) is 11.5 Å². The van der Waals surface area contributed by atoms with E-state index in [1.54, 1.807) is 25.2 Å². The first-order valence-electron chi connectivity index (χ1n) is 20.0. The number of hydrogen-bond donors (Lipinski definition) is 1. The van der Waals surface area contributed by atoms with Crippen LogP contribution in [0.25, 0.3) is 0 Å². The van der Waals surface area contributed by atoms with Gasteiger partial charge in [0.25, 0.3) is 11.8 Å². The Morgan fingerprint density at radius 2 is 1.27 bits per heavy atom. The molecule has 0 saturated carbocycles. The number of nitrogens with zero attached hydrogens (tertiary/aromatic N) is 3. The molecule has 2 fully saturated rings. The number of benzene rings is 2. The van der Waals surface area contributed by atoms with Crippen molar-refractivity contribution in [1.82, 2.24) is 20.0 Å². The lowest BCUT2D eigenvalue weighted by Crippen LogP contribution is -2.54. The van der Waals surface area contributed by atoms with E-state index in [0.717, 1.165) is 57.4 Å². The van der Waals surface area contributed by atoms with E-state index >= 15 is 0 Å². The van der Waals surface area contributed by atoms with Gasteiger partial charge in [-0.05, 0) is 117 Å². The second kappa shape index (κ2) is 24.9. The highest BCUT2D eigenvalue weighted by atomic mass is 35.5. The summed E-state index contributed by atoms with van der Waals surface area (Å²) in [5, 5.41) is 3.40. The SMILES string of the molecule is COCCCOc1cccc(C(=O)N(C(C)C)[C@@H]2CCCN(C(=O)OC(C)(C)C)C2)c1.COCCCOc1cccc(C(=O)N(C(C)C)[C@@H]2CCCNC2)c1.Cl. The molecule has 2 atom stereocenters. The molecule has 2 aliphatic rings. The molecular weight excluding hydrogens is 736 g/mol. The summed E-state index contributed by atoms with van der Waals surface area (Å²) in [4.78, 5) is 44.6. The highest BCUT2D eigenvalue weighted by Crippen LogP contribution is 2.25. The number of ether oxygens (including phenoxy) is 5. The highest BCUT2D eigenvalue weighted by molar-refractivity contribution is 5.95. The molecule has 2 saturated heterocycles. The second-order valence-electron chi connectivity index (χ2n) is 15.8. The van der Waals surface area contributed by atoms with Crippen LogP contribution in [0.2, 0.25) is 0 Å². The van der Waals surface area contributed by atoms with Crippen LogP contribution in [0.3, 0.4) is 0 Å². The van der Waals surface area contributed by atoms with Crippen molar-refractivity contribution in [2.24, 2.45) is 0 Å². The summed E-state index contributed by atoms with van der Waals surface area (Å²) in [5.74, 6) is 1.45. The van der Waals surface area contributed by atoms with Crippen molar-refractivity contribution in [2.75, 3.05) is 66.8 Å². The highest BCUT2D eigenvalue weighted by Gasteiger charge is 2.34. The predicted molar refractivity (Wildman–Crippen MR) is 223 cm³/mol. The largest absolute Gasteiger partial charge is 0.493 e. The number of rotatable bonds is 16. The lowest BCUT2D eigenvalue weighted by Gasteiger charge is -2.41. The van der Waals surface area contributed by atoms with Crippen molar-refractivity contribution in [3.63, 3.8) is 0 Å². The lowest BCUT2D eigenvalue weighted by atomic mass is 10.0. The van der Waals surface area contributed by atoms with E-state index < -0.39 is 5.60 Å². The van der Waals surface area contributed by atoms with Crippen LogP contribution in [-0.4, -0.2) is 129 Å². The van der Waals surface area contributed by atoms with Crippen LogP contribution in [0.4, 0.5) is 4.79 Å². The Balaban J connectivity index is 0.000000392. The first-order chi connectivity index (χ1) is 26.2. The Morgan fingerprint density at radius 1 is 0.768 bits per heavy atom. The Kier molecular flexibility index (Phi) is 21.6. The van der Waals surface area contributed by atoms with Crippen molar-refractivity contribution in [1.29, 1.82) is 0 Å². The van der Waals surface area contributed by atoms with Gasteiger partial charge in [-0.25, -0.2) is 4.79 Å². The Labute approximate surface area is 342 Å². The molecule has 0 aliphatic carbocycles. The zero-order valence-electron chi connectivity index (χ0n) is 35.3. The Hall–Kier alpha value is -3.58. The van der Waals surface area contributed by atoms with Gasteiger partial charge >= 0.3 is 6.09 Å². The molecule has 0 spiro atoms. The monoisotopic (exact) mass is 804 g/mol. The van der Waals surface area contributed by atoms with E-state index in [0.29, 0.717) is 56.4 Å². The van der Waals surface area contributed by atoms with Gasteiger partial charge < -0.3 is 43.7 Å². The molecule has 13 heteroatoms. The third kappa shape index (κ3) is 16.1. The van der Waals surface area contributed by atoms with Crippen molar-refractivity contribution in [3.8, 4) is 11.5 Å². The molecule has 2 heterocycles. The van der Waals surface area contributed by atoms with Crippen molar-refractivity contribution >= 4 is 30.3 Å². The molecule has 0 aromatic heterocycles. The summed E-state index contributed by atoms with van der Waals surface area (Å²) in [7, 11) is 3.34. The molecule has 316 valence electrons. The zero-order chi connectivity index (χ0) is 40.4. The summed E-state index contributed by atoms with van der Waals surface area (Å²) >= 11 is 0. The van der Waals surface area contributed by atoms with Gasteiger partial charge in [-0.15, -0.1) is 12.4 Å². The summed E-state index contributed by atoms with van der Waals surface area (Å²) in [5.41, 5.74) is 0.743. The van der Waals surface area contributed by atoms with Gasteiger partial charge in [0.2, 0.25) is 0 Å². The van der Waals surface area contributed by atoms with E-state index in [-0.39, 0.29) is 54.5 Å². The van der Waals surface area contributed by atoms with Crippen molar-refractivity contribution < 1.29 is 38.1 Å². The maximum atomic E-state index is 13.4. The van der Waals surface area contributed by atoms with Gasteiger partial charge in [-0.1, -0.05) is 12.1 Å². The maximum Gasteiger partial charge on any atom is 0.410 e. The minimum Gasteiger partial charge on any atom is -0.493 e. The minimum atomic E-state index is -0.540. The predicted octanol–water partition coefficient (Wildman–Crippen LogP) is 7.48. The molecule has 1 N–H and O–H groups in total. The van der Waals surface area contributed by atoms with Gasteiger partial charge in [0.15, 0.2) is 0 Å². The fourth-order valence-corrected chi connectivity index (χ4v) is 6.91. The summed E-state index contributed by atoms with van der Waals surface area (Å²) in [6.45, 7) is 19.2. The number of methoxy groups -OCH3 is 2. The van der Waals surface area contributed by atoms with Gasteiger partial charge in [-0.2, -0.15) is 0 Å². The Bertz CT molecular complexity index is 1460. The standard InChI is InChI=1S/C24H38N2O5.C19H30N2O3.ClH/c1-18(2)26(20-11-8-13-25(17-20)23(28)31-24(3,4)5)22(27)19-10-7-12-21(16-19)30-15-9-14-29-6;1-15(2)21(17-8-5-10-20-14-17)19(22)16-7-4-9-18(13-16)24-12-6-11-23-3;/h7,10,12,16,18,20H,8-9,11,13-15,17H2,1-6H3;4,7,9,13,15,17,20H,5-6,8,10-12,14H2,1-3H3;1H/t20-;17-;/m11./s1. The number of hydrogen-bond acceptors (Lipinski definition) is 9. The summed E-state index contributed by atoms with van der Waals surface area (Å²) < 4.78 is 27.1. The maximum absolute atomic E-state index is 13.4. The smallest absolute Gasteiger partial charge is 0.410 e. The minimum absolute atomic E-state index is 0. The van der Waals surface area contributed by atoms with Crippen molar-refractivity contribution in [3.05, 3.63) is 59.7 Å². The van der Waals surface area contributed by atoms with E-state index in [2.05, 4.69) is 19.2 Å². The van der Waals surface area contributed by atoms with E-state index in [4.69, 9.17) is 23.7 Å². The number of nitrogens with one attached hydrogen (secondary N) is 1. The quantitative estimate of drug-likeness (QED) is 0.172. The van der Waals surface area contributed by atoms with Crippen LogP contribution in [-0.2, 0) is 14.2 Å². The van der Waals surface area contributed by atoms with Crippen LogP contribution < -0.4 is 14.8 Å². The number of piperidine rings is 2. The summed E-state index contributed by atoms with van der Waals surface area (Å²) in [6.07, 6.45) is 5.17. The first kappa shape index (κ1) is 48.6. The average Bonchev–Trinajstić information content (AvgIpc) is 3.15. The number of carbonyl (C=O) groups is 3. The van der Waals surface area contributed by atoms with Crippen LogP contribution in [0.1, 0.15) is 108 Å². The number of halogens is 1. The summed E-state index contributed by atoms with van der Waals surface area (Å²) in [6, 6.07) is 15.2. The van der Waals surface area contributed by atoms with Crippen LogP contribution >= 0.6 is 12.4 Å². The normalized spacial score (nSPS) is 16.9. The topological polar surface area (TPSA) is 119 Å². The molecule has 0 bridgehead atoms. The third-order valence-electron chi connectivity index (χ3n) is 9.37. The number of likely N-dealkylation sites (tertiary alicyclic amines) is 1. The second-order valence-corrected chi connectivity index (χ2v) is 15.8. The molecule has 2 aliphatic heterocycles. The molecule has 2 aromatic rings. The molecule has 0 unspecified atom stereocenters. The molecule has 0 radical (unpaired) electrons. The molecule has 12 nitrogen and oxygen atoms in total. The molecule has 4 rings (SSSR count). The lowest BCUT2D eigenvalue weighted by molar-refractivity contribution is 0.00751. The van der Waals surface area contributed by atoms with E-state index in [9.17, 15) is 14.4 Å². The zero-order valence-corrected chi connectivity index (χ0v) is 36.2. The number of amides is 3. The third-order valence-corrected chi connectivity index (χ3v) is 9.37. The van der Waals surface area contributed by atoms with Gasteiger partial charge in [0, 0.05) is 89.2 Å². The molecule has 3 amide bonds. The molecule has 56 heavy (non-hydrogen) atoms. The van der Waals surface area contributed by atoms with Gasteiger partial charge in [0.05, 0.1) is 19.3 Å². The van der Waals surface area contributed by atoms with Crippen LogP contribution in [0.15, 0.2) is 48.5 Å². The number of carbonyl (C=O) groups excluding carboxylic acids is 3. The Morgan fingerprint density at radius 3 is 1.71 bits per heavy atom. The van der Waals surface area contributed by atoms with Crippen LogP contribution in [0, 0.1) is 0 Å². The van der Waals surface area contributed by atoms with E-state index in [1.807, 2.05) is 86.9 Å². The fourth-order valence-electron chi connectivity index (χ4n) is 6.91. The van der Waals surface area contributed by atoms with Gasteiger partial charge in [-0.3, -0.25) is 9.59 Å². The average molecular weight is 805 g/mol. The first-order valence-corrected chi connectivity index (χ1v) is 20.0. The van der Waals surface area contributed by atoms with E-state index in [1.165, 1.54) is 0 Å². The van der Waals surface area contributed by atoms with Gasteiger partial charge in [0.1, 0.15) is 17.1 Å². The molecule has 2 aromatic carbocycles. The molecular formula is C43H69ClN4O8.